The van der Waals surface area contributed by atoms with Crippen molar-refractivity contribution in [2.24, 2.45) is 0 Å². The summed E-state index contributed by atoms with van der Waals surface area (Å²) in [5, 5.41) is 3.42. The average Bonchev–Trinajstić information content (AvgIpc) is 2.38. The number of unbranched alkanes of at least 4 members (excludes halogenated alkanes) is 1. The normalized spacial score (nSPS) is 10.5. The molecule has 1 N–H and O–H groups in total. The van der Waals surface area contributed by atoms with Crippen molar-refractivity contribution in [3.05, 3.63) is 47.0 Å². The monoisotopic (exact) mass is 279 g/mol. The van der Waals surface area contributed by atoms with E-state index in [1.807, 2.05) is 0 Å². The minimum Gasteiger partial charge on any atom is -0.324 e. The largest absolute Gasteiger partial charge is 0.324 e. The van der Waals surface area contributed by atoms with Crippen LogP contribution in [-0.4, -0.2) is 9.97 Å². The van der Waals surface area contributed by atoms with Crippen molar-refractivity contribution in [2.45, 2.75) is 26.2 Å². The molecule has 0 saturated heterocycles. The lowest BCUT2D eigenvalue weighted by Gasteiger charge is -2.07. The van der Waals surface area contributed by atoms with E-state index in [9.17, 15) is 4.39 Å². The molecule has 19 heavy (non-hydrogen) atoms. The van der Waals surface area contributed by atoms with Gasteiger partial charge in [0.05, 0.1) is 0 Å². The van der Waals surface area contributed by atoms with Crippen LogP contribution in [-0.2, 0) is 6.42 Å². The first-order chi connectivity index (χ1) is 9.17. The van der Waals surface area contributed by atoms with E-state index in [1.54, 1.807) is 18.2 Å². The molecular formula is C14H15ClFN3. The average molecular weight is 280 g/mol. The number of hydrogen-bond donors (Lipinski definition) is 1. The zero-order valence-electron chi connectivity index (χ0n) is 10.7. The van der Waals surface area contributed by atoms with Gasteiger partial charge in [-0.2, -0.15) is 0 Å². The van der Waals surface area contributed by atoms with Crippen LogP contribution in [0.5, 0.6) is 0 Å². The van der Waals surface area contributed by atoms with Crippen molar-refractivity contribution in [3.8, 4) is 0 Å². The van der Waals surface area contributed by atoms with E-state index in [0.29, 0.717) is 11.1 Å². The van der Waals surface area contributed by atoms with E-state index in [1.165, 1.54) is 12.1 Å². The van der Waals surface area contributed by atoms with Crippen molar-refractivity contribution in [2.75, 3.05) is 5.32 Å². The minimum absolute atomic E-state index is 0.277. The van der Waals surface area contributed by atoms with Gasteiger partial charge < -0.3 is 5.32 Å². The summed E-state index contributed by atoms with van der Waals surface area (Å²) in [6.07, 6.45) is 3.03. The Hall–Kier alpha value is -1.68. The molecule has 1 aromatic heterocycles. The van der Waals surface area contributed by atoms with Crippen LogP contribution in [0.25, 0.3) is 0 Å². The number of nitrogens with zero attached hydrogens (tertiary/aromatic N) is 2. The van der Waals surface area contributed by atoms with Gasteiger partial charge in [0.2, 0.25) is 5.95 Å². The Balaban J connectivity index is 2.15. The smallest absolute Gasteiger partial charge is 0.228 e. The summed E-state index contributed by atoms with van der Waals surface area (Å²) in [5.74, 6) is 0.159. The predicted octanol–water partition coefficient (Wildman–Crippen LogP) is 4.36. The highest BCUT2D eigenvalue weighted by Crippen LogP contribution is 2.17. The van der Waals surface area contributed by atoms with Gasteiger partial charge in [0.25, 0.3) is 0 Å². The quantitative estimate of drug-likeness (QED) is 0.827. The van der Waals surface area contributed by atoms with Gasteiger partial charge in [0.1, 0.15) is 11.0 Å². The van der Waals surface area contributed by atoms with Crippen LogP contribution >= 0.6 is 11.6 Å². The third kappa shape index (κ3) is 4.17. The standard InChI is InChI=1S/C14H15ClFN3/c1-2-3-4-12-9-13(15)19-14(18-12)17-11-7-5-10(16)6-8-11/h5-9H,2-4H2,1H3,(H,17,18,19). The Bertz CT molecular complexity index is 543. The van der Waals surface area contributed by atoms with Gasteiger partial charge >= 0.3 is 0 Å². The molecule has 5 heteroatoms. The van der Waals surface area contributed by atoms with Crippen LogP contribution in [0.1, 0.15) is 25.5 Å². The zero-order valence-corrected chi connectivity index (χ0v) is 11.4. The van der Waals surface area contributed by atoms with E-state index in [-0.39, 0.29) is 5.82 Å². The molecule has 0 atom stereocenters. The third-order valence-electron chi connectivity index (χ3n) is 2.63. The molecule has 1 heterocycles. The molecule has 2 aromatic rings. The topological polar surface area (TPSA) is 37.8 Å². The highest BCUT2D eigenvalue weighted by Gasteiger charge is 2.04. The molecule has 3 nitrogen and oxygen atoms in total. The summed E-state index contributed by atoms with van der Waals surface area (Å²) in [6, 6.07) is 7.79. The summed E-state index contributed by atoms with van der Waals surface area (Å²) in [5.41, 5.74) is 1.64. The summed E-state index contributed by atoms with van der Waals surface area (Å²) in [7, 11) is 0. The van der Waals surface area contributed by atoms with Crippen LogP contribution in [0, 0.1) is 5.82 Å². The Morgan fingerprint density at radius 2 is 1.95 bits per heavy atom. The summed E-state index contributed by atoms with van der Waals surface area (Å²) in [4.78, 5) is 8.50. The maximum absolute atomic E-state index is 12.8. The SMILES string of the molecule is CCCCc1cc(Cl)nc(Nc2ccc(F)cc2)n1. The Labute approximate surface area is 116 Å². The molecular weight excluding hydrogens is 265 g/mol. The molecule has 0 spiro atoms. The fourth-order valence-electron chi connectivity index (χ4n) is 1.67. The highest BCUT2D eigenvalue weighted by atomic mass is 35.5. The van der Waals surface area contributed by atoms with Gasteiger partial charge in [-0.1, -0.05) is 24.9 Å². The molecule has 0 unspecified atom stereocenters. The van der Waals surface area contributed by atoms with Crippen LogP contribution in [0.2, 0.25) is 5.15 Å². The third-order valence-corrected chi connectivity index (χ3v) is 2.83. The lowest BCUT2D eigenvalue weighted by molar-refractivity contribution is 0.628. The van der Waals surface area contributed by atoms with Crippen LogP contribution in [0.15, 0.2) is 30.3 Å². The number of rotatable bonds is 5. The van der Waals surface area contributed by atoms with Gasteiger partial charge in [-0.3, -0.25) is 0 Å². The highest BCUT2D eigenvalue weighted by molar-refractivity contribution is 6.29. The second kappa shape index (κ2) is 6.48. The molecule has 0 saturated carbocycles. The summed E-state index contributed by atoms with van der Waals surface area (Å²) in [6.45, 7) is 2.13. The molecule has 0 aliphatic rings. The van der Waals surface area contributed by atoms with Gasteiger partial charge in [0, 0.05) is 11.4 Å². The molecule has 0 amide bonds. The van der Waals surface area contributed by atoms with Crippen molar-refractivity contribution in [3.63, 3.8) is 0 Å². The molecule has 0 bridgehead atoms. The van der Waals surface area contributed by atoms with E-state index in [4.69, 9.17) is 11.6 Å². The van der Waals surface area contributed by atoms with Crippen molar-refractivity contribution in [1.29, 1.82) is 0 Å². The summed E-state index contributed by atoms with van der Waals surface area (Å²) < 4.78 is 12.8. The fourth-order valence-corrected chi connectivity index (χ4v) is 1.87. The van der Waals surface area contributed by atoms with Crippen molar-refractivity contribution >= 4 is 23.2 Å². The van der Waals surface area contributed by atoms with Gasteiger partial charge in [-0.25, -0.2) is 14.4 Å². The molecule has 0 aliphatic heterocycles. The van der Waals surface area contributed by atoms with Crippen molar-refractivity contribution in [1.82, 2.24) is 9.97 Å². The molecule has 100 valence electrons. The van der Waals surface area contributed by atoms with E-state index in [2.05, 4.69) is 22.2 Å². The lowest BCUT2D eigenvalue weighted by Crippen LogP contribution is -2.01. The van der Waals surface area contributed by atoms with Gasteiger partial charge in [-0.15, -0.1) is 0 Å². The molecule has 2 rings (SSSR count). The number of hydrogen-bond acceptors (Lipinski definition) is 3. The second-order valence-electron chi connectivity index (χ2n) is 4.24. The minimum atomic E-state index is -0.277. The Morgan fingerprint density at radius 3 is 2.63 bits per heavy atom. The van der Waals surface area contributed by atoms with Gasteiger partial charge in [0.15, 0.2) is 0 Å². The zero-order chi connectivity index (χ0) is 13.7. The summed E-state index contributed by atoms with van der Waals surface area (Å²) >= 11 is 5.97. The number of benzene rings is 1. The first kappa shape index (κ1) is 13.7. The number of nitrogens with one attached hydrogen (secondary N) is 1. The maximum Gasteiger partial charge on any atom is 0.228 e. The van der Waals surface area contributed by atoms with Crippen LogP contribution < -0.4 is 5.32 Å². The molecule has 0 fully saturated rings. The first-order valence-electron chi connectivity index (χ1n) is 6.23. The van der Waals surface area contributed by atoms with Crippen LogP contribution in [0.3, 0.4) is 0 Å². The predicted molar refractivity (Wildman–Crippen MR) is 75.3 cm³/mol. The lowest BCUT2D eigenvalue weighted by atomic mass is 10.2. The fraction of sp³-hybridized carbons (Fsp3) is 0.286. The van der Waals surface area contributed by atoms with E-state index < -0.39 is 0 Å². The number of aryl methyl sites for hydroxylation is 1. The first-order valence-corrected chi connectivity index (χ1v) is 6.61. The van der Waals surface area contributed by atoms with Gasteiger partial charge in [-0.05, 0) is 43.2 Å². The number of aromatic nitrogens is 2. The number of halogens is 2. The molecule has 0 radical (unpaired) electrons. The Kier molecular flexibility index (Phi) is 4.68. The Morgan fingerprint density at radius 1 is 1.21 bits per heavy atom. The maximum atomic E-state index is 12.8. The van der Waals surface area contributed by atoms with E-state index in [0.717, 1.165) is 30.6 Å². The molecule has 0 aliphatic carbocycles. The number of anilines is 2. The van der Waals surface area contributed by atoms with E-state index >= 15 is 0 Å². The molecule has 1 aromatic carbocycles. The van der Waals surface area contributed by atoms with Crippen molar-refractivity contribution < 1.29 is 4.39 Å². The van der Waals surface area contributed by atoms with Crippen LogP contribution in [0.4, 0.5) is 16.0 Å². The second-order valence-corrected chi connectivity index (χ2v) is 4.63.